The lowest BCUT2D eigenvalue weighted by Gasteiger charge is -2.11. The van der Waals surface area contributed by atoms with Crippen molar-refractivity contribution in [2.45, 2.75) is 6.42 Å². The Hall–Kier alpha value is -3.26. The van der Waals surface area contributed by atoms with Gasteiger partial charge in [-0.1, -0.05) is 23.4 Å². The van der Waals surface area contributed by atoms with Crippen molar-refractivity contribution >= 4 is 11.3 Å². The Labute approximate surface area is 141 Å². The molecule has 1 N–H and O–H groups in total. The van der Waals surface area contributed by atoms with E-state index in [1.54, 1.807) is 44.6 Å². The number of benzene rings is 2. The third-order valence-corrected chi connectivity index (χ3v) is 3.52. The lowest BCUT2D eigenvalue weighted by Crippen LogP contribution is -2.05. The van der Waals surface area contributed by atoms with Crippen LogP contribution in [-0.2, 0) is 0 Å². The third-order valence-electron chi connectivity index (χ3n) is 3.52. The van der Waals surface area contributed by atoms with Crippen LogP contribution in [0.4, 0.5) is 0 Å². The van der Waals surface area contributed by atoms with Gasteiger partial charge in [0.15, 0.2) is 0 Å². The van der Waals surface area contributed by atoms with Gasteiger partial charge in [-0.2, -0.15) is 5.26 Å². The molecule has 0 atom stereocenters. The molecular formula is C19H18N2O3. The predicted molar refractivity (Wildman–Crippen MR) is 92.5 cm³/mol. The maximum Gasteiger partial charge on any atom is 0.118 e. The van der Waals surface area contributed by atoms with Gasteiger partial charge in [0.25, 0.3) is 0 Å². The maximum atomic E-state index is 9.55. The molecule has 0 saturated heterocycles. The zero-order valence-corrected chi connectivity index (χ0v) is 13.6. The number of nitrogens with zero attached hydrogens (tertiary/aromatic N) is 2. The number of nitriles is 1. The summed E-state index contributed by atoms with van der Waals surface area (Å²) in [5, 5.41) is 21.9. The van der Waals surface area contributed by atoms with E-state index in [4.69, 9.17) is 14.7 Å². The zero-order valence-electron chi connectivity index (χ0n) is 13.6. The molecular weight excluding hydrogens is 304 g/mol. The van der Waals surface area contributed by atoms with Crippen molar-refractivity contribution < 1.29 is 14.7 Å². The molecule has 2 aromatic carbocycles. The number of ether oxygens (including phenoxy) is 2. The summed E-state index contributed by atoms with van der Waals surface area (Å²) in [5.74, 6) is 1.44. The average molecular weight is 322 g/mol. The molecule has 0 heterocycles. The summed E-state index contributed by atoms with van der Waals surface area (Å²) in [4.78, 5) is 0. The van der Waals surface area contributed by atoms with Crippen LogP contribution >= 0.6 is 0 Å². The second-order valence-corrected chi connectivity index (χ2v) is 4.89. The van der Waals surface area contributed by atoms with Crippen molar-refractivity contribution in [2.24, 2.45) is 5.16 Å². The zero-order chi connectivity index (χ0) is 17.4. The molecule has 0 aliphatic heterocycles. The first kappa shape index (κ1) is 17.1. The first-order valence-electron chi connectivity index (χ1n) is 7.32. The van der Waals surface area contributed by atoms with Gasteiger partial charge in [0.1, 0.15) is 17.2 Å². The molecule has 0 unspecified atom stereocenters. The highest BCUT2D eigenvalue weighted by molar-refractivity contribution is 6.31. The fraction of sp³-hybridized carbons (Fsp3) is 0.158. The second-order valence-electron chi connectivity index (χ2n) is 4.89. The van der Waals surface area contributed by atoms with Crippen LogP contribution < -0.4 is 9.47 Å². The number of hydrogen-bond acceptors (Lipinski definition) is 5. The van der Waals surface area contributed by atoms with Gasteiger partial charge >= 0.3 is 0 Å². The summed E-state index contributed by atoms with van der Waals surface area (Å²) in [6.07, 6.45) is 1.94. The summed E-state index contributed by atoms with van der Waals surface area (Å²) >= 11 is 0. The van der Waals surface area contributed by atoms with E-state index in [1.807, 2.05) is 24.3 Å². The van der Waals surface area contributed by atoms with Crippen LogP contribution in [-0.4, -0.2) is 25.1 Å². The highest BCUT2D eigenvalue weighted by atomic mass is 16.5. The van der Waals surface area contributed by atoms with Crippen molar-refractivity contribution in [1.29, 1.82) is 5.26 Å². The summed E-state index contributed by atoms with van der Waals surface area (Å²) in [6, 6.07) is 16.6. The Morgan fingerprint density at radius 3 is 1.92 bits per heavy atom. The van der Waals surface area contributed by atoms with Gasteiger partial charge in [-0.3, -0.25) is 0 Å². The molecule has 0 aliphatic carbocycles. The second kappa shape index (κ2) is 8.39. The minimum atomic E-state index is 0.205. The van der Waals surface area contributed by atoms with Crippen molar-refractivity contribution in [2.75, 3.05) is 14.2 Å². The van der Waals surface area contributed by atoms with Crippen LogP contribution in [0.5, 0.6) is 11.5 Å². The van der Waals surface area contributed by atoms with E-state index in [0.717, 1.165) is 16.9 Å². The molecule has 5 nitrogen and oxygen atoms in total. The topological polar surface area (TPSA) is 74.8 Å². The number of rotatable bonds is 6. The first-order valence-corrected chi connectivity index (χ1v) is 7.32. The molecule has 0 amide bonds. The lowest BCUT2D eigenvalue weighted by atomic mass is 9.95. The molecule has 0 spiro atoms. The predicted octanol–water partition coefficient (Wildman–Crippen LogP) is 3.88. The average Bonchev–Trinajstić information content (AvgIpc) is 2.65. The van der Waals surface area contributed by atoms with Gasteiger partial charge < -0.3 is 14.7 Å². The highest BCUT2D eigenvalue weighted by Crippen LogP contribution is 2.25. The Balaban J connectivity index is 2.45. The van der Waals surface area contributed by atoms with Gasteiger partial charge in [-0.05, 0) is 42.0 Å². The van der Waals surface area contributed by atoms with Crippen molar-refractivity contribution in [3.63, 3.8) is 0 Å². The van der Waals surface area contributed by atoms with Crippen LogP contribution in [0.2, 0.25) is 0 Å². The summed E-state index contributed by atoms with van der Waals surface area (Å²) in [6.45, 7) is 0. The SMILES string of the molecule is COc1ccc(C(=C\CC#N)/C(=N/O)c2ccc(OC)cc2)cc1. The molecule has 0 aliphatic rings. The molecule has 0 aromatic heterocycles. The number of allylic oxidation sites excluding steroid dienone is 2. The van der Waals surface area contributed by atoms with E-state index in [0.29, 0.717) is 17.0 Å². The fourth-order valence-electron chi connectivity index (χ4n) is 2.29. The number of hydrogen-bond donors (Lipinski definition) is 1. The summed E-state index contributed by atoms with van der Waals surface area (Å²) in [7, 11) is 3.19. The van der Waals surface area contributed by atoms with E-state index in [2.05, 4.69) is 11.2 Å². The molecule has 0 saturated carbocycles. The highest BCUT2D eigenvalue weighted by Gasteiger charge is 2.13. The molecule has 2 aromatic rings. The molecule has 5 heteroatoms. The Kier molecular flexibility index (Phi) is 5.98. The largest absolute Gasteiger partial charge is 0.497 e. The van der Waals surface area contributed by atoms with Crippen molar-refractivity contribution in [1.82, 2.24) is 0 Å². The van der Waals surface area contributed by atoms with E-state index in [-0.39, 0.29) is 6.42 Å². The van der Waals surface area contributed by atoms with Crippen LogP contribution in [0.3, 0.4) is 0 Å². The molecule has 0 fully saturated rings. The Morgan fingerprint density at radius 1 is 1.00 bits per heavy atom. The normalized spacial score (nSPS) is 11.7. The van der Waals surface area contributed by atoms with Gasteiger partial charge in [0.05, 0.1) is 26.7 Å². The first-order chi connectivity index (χ1) is 11.7. The van der Waals surface area contributed by atoms with Crippen molar-refractivity contribution in [3.05, 3.63) is 65.7 Å². The van der Waals surface area contributed by atoms with Crippen LogP contribution in [0.25, 0.3) is 5.57 Å². The van der Waals surface area contributed by atoms with E-state index >= 15 is 0 Å². The summed E-state index contributed by atoms with van der Waals surface area (Å²) < 4.78 is 10.3. The van der Waals surface area contributed by atoms with E-state index < -0.39 is 0 Å². The molecule has 24 heavy (non-hydrogen) atoms. The minimum absolute atomic E-state index is 0.205. The Morgan fingerprint density at radius 2 is 1.50 bits per heavy atom. The molecule has 2 rings (SSSR count). The smallest absolute Gasteiger partial charge is 0.118 e. The third kappa shape index (κ3) is 3.93. The van der Waals surface area contributed by atoms with E-state index in [9.17, 15) is 5.21 Å². The standard InChI is InChI=1S/C19H18N2O3/c1-23-16-9-5-14(6-10-16)18(4-3-13-20)19(21-22)15-7-11-17(24-2)12-8-15/h4-12,22H,3H2,1-2H3/b18-4+,21-19+. The Bertz CT molecular complexity index is 770. The fourth-order valence-corrected chi connectivity index (χ4v) is 2.29. The summed E-state index contributed by atoms with van der Waals surface area (Å²) in [5.41, 5.74) is 2.61. The van der Waals surface area contributed by atoms with Crippen LogP contribution in [0.1, 0.15) is 17.5 Å². The maximum absolute atomic E-state index is 9.55. The van der Waals surface area contributed by atoms with Crippen LogP contribution in [0.15, 0.2) is 59.8 Å². The van der Waals surface area contributed by atoms with Gasteiger partial charge in [0.2, 0.25) is 0 Å². The number of methoxy groups -OCH3 is 2. The quantitative estimate of drug-likeness (QED) is 0.497. The van der Waals surface area contributed by atoms with Gasteiger partial charge in [-0.25, -0.2) is 0 Å². The van der Waals surface area contributed by atoms with Gasteiger partial charge in [-0.15, -0.1) is 0 Å². The molecule has 122 valence electrons. The lowest BCUT2D eigenvalue weighted by molar-refractivity contribution is 0.320. The monoisotopic (exact) mass is 322 g/mol. The van der Waals surface area contributed by atoms with Crippen molar-refractivity contribution in [3.8, 4) is 17.6 Å². The molecule has 0 bridgehead atoms. The molecule has 0 radical (unpaired) electrons. The van der Waals surface area contributed by atoms with E-state index in [1.165, 1.54) is 0 Å². The van der Waals surface area contributed by atoms with Crippen LogP contribution in [0, 0.1) is 11.3 Å². The minimum Gasteiger partial charge on any atom is -0.497 e. The van der Waals surface area contributed by atoms with Gasteiger partial charge in [0, 0.05) is 11.1 Å². The number of oxime groups is 1.